The summed E-state index contributed by atoms with van der Waals surface area (Å²) in [7, 11) is 0. The zero-order valence-electron chi connectivity index (χ0n) is 14.6. The Kier molecular flexibility index (Phi) is 4.80. The second-order valence-electron chi connectivity index (χ2n) is 7.53. The van der Waals surface area contributed by atoms with Gasteiger partial charge in [0.1, 0.15) is 12.4 Å². The molecule has 2 aromatic rings. The SMILES string of the molecule is O=c1cc(-c2ccc(OCC3=CCCC4(CCCCC4)C3)cc2)s[nH]1. The number of aromatic nitrogens is 1. The number of ether oxygens (including phenoxy) is 1. The van der Waals surface area contributed by atoms with E-state index in [2.05, 4.69) is 10.4 Å². The number of rotatable bonds is 4. The fourth-order valence-electron chi connectivity index (χ4n) is 4.38. The predicted octanol–water partition coefficient (Wildman–Crippen LogP) is 5.54. The first-order valence-electron chi connectivity index (χ1n) is 9.32. The van der Waals surface area contributed by atoms with Gasteiger partial charge in [-0.2, -0.15) is 0 Å². The molecule has 1 aromatic carbocycles. The van der Waals surface area contributed by atoms with Gasteiger partial charge in [-0.1, -0.05) is 36.9 Å². The third kappa shape index (κ3) is 3.90. The van der Waals surface area contributed by atoms with Crippen molar-refractivity contribution in [1.29, 1.82) is 0 Å². The molecule has 0 atom stereocenters. The Morgan fingerprint density at radius 1 is 1.08 bits per heavy atom. The van der Waals surface area contributed by atoms with E-state index < -0.39 is 0 Å². The van der Waals surface area contributed by atoms with Gasteiger partial charge in [-0.25, -0.2) is 0 Å². The summed E-state index contributed by atoms with van der Waals surface area (Å²) in [5, 5.41) is 0. The van der Waals surface area contributed by atoms with Crippen LogP contribution in [-0.2, 0) is 0 Å². The highest BCUT2D eigenvalue weighted by atomic mass is 32.1. The number of benzene rings is 1. The van der Waals surface area contributed by atoms with Gasteiger partial charge >= 0.3 is 0 Å². The molecule has 1 fully saturated rings. The summed E-state index contributed by atoms with van der Waals surface area (Å²) in [6.07, 6.45) is 13.2. The van der Waals surface area contributed by atoms with Crippen molar-refractivity contribution in [3.05, 3.63) is 52.3 Å². The quantitative estimate of drug-likeness (QED) is 0.731. The van der Waals surface area contributed by atoms with Crippen LogP contribution in [0.25, 0.3) is 10.4 Å². The van der Waals surface area contributed by atoms with Gasteiger partial charge in [0.15, 0.2) is 0 Å². The van der Waals surface area contributed by atoms with Gasteiger partial charge < -0.3 is 4.74 Å². The Morgan fingerprint density at radius 2 is 1.88 bits per heavy atom. The molecule has 1 aromatic heterocycles. The van der Waals surface area contributed by atoms with Crippen molar-refractivity contribution in [2.75, 3.05) is 6.61 Å². The molecule has 1 spiro atoms. The Balaban J connectivity index is 1.36. The minimum atomic E-state index is -0.0406. The van der Waals surface area contributed by atoms with E-state index in [1.54, 1.807) is 6.07 Å². The molecular weight excluding hydrogens is 330 g/mol. The molecule has 4 heteroatoms. The molecule has 1 heterocycles. The van der Waals surface area contributed by atoms with Gasteiger partial charge in [-0.3, -0.25) is 9.17 Å². The summed E-state index contributed by atoms with van der Waals surface area (Å²) >= 11 is 1.37. The van der Waals surface area contributed by atoms with Crippen LogP contribution in [0.4, 0.5) is 0 Å². The van der Waals surface area contributed by atoms with Gasteiger partial charge in [0.05, 0.1) is 4.88 Å². The van der Waals surface area contributed by atoms with E-state index in [1.165, 1.54) is 68.5 Å². The predicted molar refractivity (Wildman–Crippen MR) is 103 cm³/mol. The maximum absolute atomic E-state index is 11.3. The van der Waals surface area contributed by atoms with Crippen LogP contribution in [0.15, 0.2) is 46.8 Å². The molecule has 0 bridgehead atoms. The van der Waals surface area contributed by atoms with E-state index in [0.717, 1.165) is 16.2 Å². The Hall–Kier alpha value is -1.81. The minimum Gasteiger partial charge on any atom is -0.489 e. The van der Waals surface area contributed by atoms with Crippen molar-refractivity contribution >= 4 is 11.5 Å². The summed E-state index contributed by atoms with van der Waals surface area (Å²) in [5.74, 6) is 0.899. The fraction of sp³-hybridized carbons (Fsp3) is 0.476. The lowest BCUT2D eigenvalue weighted by Gasteiger charge is -2.40. The largest absolute Gasteiger partial charge is 0.489 e. The molecule has 2 aliphatic rings. The van der Waals surface area contributed by atoms with E-state index >= 15 is 0 Å². The summed E-state index contributed by atoms with van der Waals surface area (Å²) < 4.78 is 8.77. The van der Waals surface area contributed by atoms with E-state index in [4.69, 9.17) is 4.74 Å². The van der Waals surface area contributed by atoms with Crippen LogP contribution in [0.1, 0.15) is 51.4 Å². The van der Waals surface area contributed by atoms with Gasteiger partial charge in [0.25, 0.3) is 5.56 Å². The van der Waals surface area contributed by atoms with Crippen LogP contribution in [0.5, 0.6) is 5.75 Å². The monoisotopic (exact) mass is 355 g/mol. The summed E-state index contributed by atoms with van der Waals surface area (Å²) in [5.41, 5.74) is 3.05. The van der Waals surface area contributed by atoms with Gasteiger partial charge in [0, 0.05) is 6.07 Å². The van der Waals surface area contributed by atoms with E-state index in [-0.39, 0.29) is 5.56 Å². The van der Waals surface area contributed by atoms with Crippen LogP contribution in [0.2, 0.25) is 0 Å². The second kappa shape index (κ2) is 7.20. The van der Waals surface area contributed by atoms with E-state index in [9.17, 15) is 4.79 Å². The van der Waals surface area contributed by atoms with Gasteiger partial charge in [0.2, 0.25) is 0 Å². The normalized spacial score (nSPS) is 19.6. The van der Waals surface area contributed by atoms with Crippen LogP contribution in [-0.4, -0.2) is 11.0 Å². The summed E-state index contributed by atoms with van der Waals surface area (Å²) in [4.78, 5) is 12.2. The fourth-order valence-corrected chi connectivity index (χ4v) is 5.07. The highest BCUT2D eigenvalue weighted by Gasteiger charge is 2.34. The molecule has 1 N–H and O–H groups in total. The Labute approximate surface area is 152 Å². The number of H-pyrrole nitrogens is 1. The second-order valence-corrected chi connectivity index (χ2v) is 8.38. The number of allylic oxidation sites excluding steroid dienone is 1. The molecule has 0 aliphatic heterocycles. The van der Waals surface area contributed by atoms with Crippen molar-refractivity contribution < 1.29 is 4.74 Å². The highest BCUT2D eigenvalue weighted by Crippen LogP contribution is 2.47. The van der Waals surface area contributed by atoms with Gasteiger partial charge in [-0.05, 0) is 72.9 Å². The van der Waals surface area contributed by atoms with Crippen molar-refractivity contribution in [2.24, 2.45) is 5.41 Å². The molecule has 25 heavy (non-hydrogen) atoms. The Bertz CT molecular complexity index is 794. The lowest BCUT2D eigenvalue weighted by atomic mass is 9.65. The summed E-state index contributed by atoms with van der Waals surface area (Å²) in [6, 6.07) is 9.67. The van der Waals surface area contributed by atoms with Crippen LogP contribution >= 0.6 is 11.5 Å². The van der Waals surface area contributed by atoms with Gasteiger partial charge in [-0.15, -0.1) is 0 Å². The average molecular weight is 356 g/mol. The van der Waals surface area contributed by atoms with Crippen LogP contribution in [0.3, 0.4) is 0 Å². The van der Waals surface area contributed by atoms with Crippen LogP contribution in [0, 0.1) is 5.41 Å². The minimum absolute atomic E-state index is 0.0406. The van der Waals surface area contributed by atoms with Crippen molar-refractivity contribution in [3.8, 4) is 16.2 Å². The number of aromatic amines is 1. The number of hydrogen-bond donors (Lipinski definition) is 1. The highest BCUT2D eigenvalue weighted by molar-refractivity contribution is 7.09. The molecule has 0 amide bonds. The zero-order chi connectivity index (χ0) is 17.1. The third-order valence-electron chi connectivity index (χ3n) is 5.71. The van der Waals surface area contributed by atoms with Crippen LogP contribution < -0.4 is 10.3 Å². The lowest BCUT2D eigenvalue weighted by Crippen LogP contribution is -2.28. The standard InChI is InChI=1S/C21H25NO2S/c23-20-13-19(25-22-20)17-6-8-18(9-7-17)24-15-16-5-4-12-21(14-16)10-2-1-3-11-21/h5-9,13H,1-4,10-12,14-15H2,(H,22,23). The topological polar surface area (TPSA) is 42.1 Å². The molecule has 1 saturated carbocycles. The maximum Gasteiger partial charge on any atom is 0.258 e. The molecule has 2 aliphatic carbocycles. The summed E-state index contributed by atoms with van der Waals surface area (Å²) in [6.45, 7) is 0.707. The molecule has 4 rings (SSSR count). The van der Waals surface area contributed by atoms with E-state index in [1.807, 2.05) is 24.3 Å². The first-order valence-corrected chi connectivity index (χ1v) is 10.1. The first kappa shape index (κ1) is 16.6. The Morgan fingerprint density at radius 3 is 2.60 bits per heavy atom. The molecule has 132 valence electrons. The maximum atomic E-state index is 11.3. The van der Waals surface area contributed by atoms with E-state index in [0.29, 0.717) is 12.0 Å². The molecule has 0 saturated heterocycles. The first-order chi connectivity index (χ1) is 12.2. The molecular formula is C21H25NO2S. The van der Waals surface area contributed by atoms with Crippen molar-refractivity contribution in [2.45, 2.75) is 51.4 Å². The average Bonchev–Trinajstić information content (AvgIpc) is 3.08. The smallest absolute Gasteiger partial charge is 0.258 e. The lowest BCUT2D eigenvalue weighted by molar-refractivity contribution is 0.158. The van der Waals surface area contributed by atoms with Crippen molar-refractivity contribution in [3.63, 3.8) is 0 Å². The number of nitrogens with one attached hydrogen (secondary N) is 1. The number of hydrogen-bond acceptors (Lipinski definition) is 3. The van der Waals surface area contributed by atoms with Crippen molar-refractivity contribution in [1.82, 2.24) is 4.37 Å². The molecule has 0 unspecified atom stereocenters. The third-order valence-corrected chi connectivity index (χ3v) is 6.59. The zero-order valence-corrected chi connectivity index (χ0v) is 15.4. The molecule has 0 radical (unpaired) electrons. The molecule has 3 nitrogen and oxygen atoms in total.